The molecule has 1 N–H and O–H groups in total. The highest BCUT2D eigenvalue weighted by Crippen LogP contribution is 2.33. The number of hydrogen-bond donors (Lipinski definition) is 1. The van der Waals surface area contributed by atoms with Crippen LogP contribution in [0.2, 0.25) is 10.0 Å². The molecular formula is C14H20Cl2N2. The van der Waals surface area contributed by atoms with E-state index in [0.717, 1.165) is 25.3 Å². The molecule has 0 radical (unpaired) electrons. The molecule has 0 saturated carbocycles. The number of rotatable bonds is 4. The maximum atomic E-state index is 6.28. The minimum atomic E-state index is 0.564. The minimum absolute atomic E-state index is 0.564. The van der Waals surface area contributed by atoms with Gasteiger partial charge >= 0.3 is 0 Å². The van der Waals surface area contributed by atoms with Crippen LogP contribution in [0.25, 0.3) is 0 Å². The van der Waals surface area contributed by atoms with E-state index in [0.29, 0.717) is 16.1 Å². The van der Waals surface area contributed by atoms with Crippen LogP contribution in [0.5, 0.6) is 0 Å². The topological polar surface area (TPSA) is 15.3 Å². The molecule has 1 aromatic carbocycles. The van der Waals surface area contributed by atoms with Gasteiger partial charge in [0.15, 0.2) is 0 Å². The molecule has 1 aliphatic rings. The van der Waals surface area contributed by atoms with E-state index in [1.54, 1.807) is 0 Å². The molecule has 0 spiro atoms. The van der Waals surface area contributed by atoms with Gasteiger partial charge in [-0.05, 0) is 37.9 Å². The van der Waals surface area contributed by atoms with Crippen molar-refractivity contribution in [2.45, 2.75) is 32.2 Å². The third-order valence-electron chi connectivity index (χ3n) is 3.38. The summed E-state index contributed by atoms with van der Waals surface area (Å²) in [5.41, 5.74) is 1.06. The molecule has 1 atom stereocenters. The van der Waals surface area contributed by atoms with Crippen LogP contribution in [-0.2, 0) is 0 Å². The molecule has 1 heterocycles. The highest BCUT2D eigenvalue weighted by molar-refractivity contribution is 6.43. The Labute approximate surface area is 119 Å². The maximum absolute atomic E-state index is 6.28. The predicted octanol–water partition coefficient (Wildman–Crippen LogP) is 3.96. The summed E-state index contributed by atoms with van der Waals surface area (Å²) in [6.45, 7) is 5.35. The Morgan fingerprint density at radius 1 is 1.39 bits per heavy atom. The number of benzene rings is 1. The monoisotopic (exact) mass is 286 g/mol. The van der Waals surface area contributed by atoms with Crippen LogP contribution >= 0.6 is 23.2 Å². The molecule has 0 bridgehead atoms. The second-order valence-electron chi connectivity index (χ2n) is 4.81. The predicted molar refractivity (Wildman–Crippen MR) is 80.0 cm³/mol. The van der Waals surface area contributed by atoms with Gasteiger partial charge in [-0.1, -0.05) is 36.2 Å². The first kappa shape index (κ1) is 14.0. The van der Waals surface area contributed by atoms with Crippen LogP contribution in [0.15, 0.2) is 18.2 Å². The fourth-order valence-corrected chi connectivity index (χ4v) is 2.86. The van der Waals surface area contributed by atoms with Gasteiger partial charge in [0.1, 0.15) is 0 Å². The SMILES string of the molecule is CCCNC1CCCN(c2cccc(Cl)c2Cl)C1. The zero-order valence-electron chi connectivity index (χ0n) is 10.8. The van der Waals surface area contributed by atoms with E-state index in [2.05, 4.69) is 23.2 Å². The summed E-state index contributed by atoms with van der Waals surface area (Å²) >= 11 is 12.4. The van der Waals surface area contributed by atoms with Crippen molar-refractivity contribution in [3.05, 3.63) is 28.2 Å². The third-order valence-corrected chi connectivity index (χ3v) is 4.19. The maximum Gasteiger partial charge on any atom is 0.0825 e. The van der Waals surface area contributed by atoms with Crippen molar-refractivity contribution in [2.75, 3.05) is 24.5 Å². The van der Waals surface area contributed by atoms with Crippen molar-refractivity contribution in [3.63, 3.8) is 0 Å². The standard InChI is InChI=1S/C14H20Cl2N2/c1-2-8-17-11-5-4-9-18(10-11)13-7-3-6-12(15)14(13)16/h3,6-7,11,17H,2,4-5,8-10H2,1H3. The molecule has 1 fully saturated rings. The molecule has 0 aliphatic carbocycles. The van der Waals surface area contributed by atoms with Gasteiger partial charge in [-0.15, -0.1) is 0 Å². The Morgan fingerprint density at radius 2 is 2.22 bits per heavy atom. The smallest absolute Gasteiger partial charge is 0.0825 e. The molecular weight excluding hydrogens is 267 g/mol. The van der Waals surface area contributed by atoms with Crippen LogP contribution < -0.4 is 10.2 Å². The summed E-state index contributed by atoms with van der Waals surface area (Å²) in [6.07, 6.45) is 3.62. The van der Waals surface area contributed by atoms with Crippen molar-refractivity contribution in [1.82, 2.24) is 5.32 Å². The summed E-state index contributed by atoms with van der Waals surface area (Å²) < 4.78 is 0. The van der Waals surface area contributed by atoms with Crippen LogP contribution in [0.4, 0.5) is 5.69 Å². The van der Waals surface area contributed by atoms with Gasteiger partial charge in [0.05, 0.1) is 15.7 Å². The summed E-state index contributed by atoms with van der Waals surface area (Å²) in [6, 6.07) is 6.42. The van der Waals surface area contributed by atoms with E-state index in [4.69, 9.17) is 23.2 Å². The van der Waals surface area contributed by atoms with Crippen molar-refractivity contribution in [1.29, 1.82) is 0 Å². The molecule has 1 unspecified atom stereocenters. The van der Waals surface area contributed by atoms with E-state index in [1.807, 2.05) is 12.1 Å². The number of nitrogens with one attached hydrogen (secondary N) is 1. The Hall–Kier alpha value is -0.440. The quantitative estimate of drug-likeness (QED) is 0.901. The van der Waals surface area contributed by atoms with E-state index < -0.39 is 0 Å². The molecule has 100 valence electrons. The van der Waals surface area contributed by atoms with Gasteiger partial charge in [0.25, 0.3) is 0 Å². The summed E-state index contributed by atoms with van der Waals surface area (Å²) in [4.78, 5) is 2.34. The average Bonchev–Trinajstić information content (AvgIpc) is 2.40. The van der Waals surface area contributed by atoms with E-state index in [1.165, 1.54) is 19.3 Å². The first-order valence-corrected chi connectivity index (χ1v) is 7.40. The normalized spacial score (nSPS) is 20.2. The Morgan fingerprint density at radius 3 is 3.00 bits per heavy atom. The van der Waals surface area contributed by atoms with Gasteiger partial charge in [0.2, 0.25) is 0 Å². The molecule has 1 saturated heterocycles. The fourth-order valence-electron chi connectivity index (χ4n) is 2.45. The molecule has 1 aliphatic heterocycles. The average molecular weight is 287 g/mol. The fraction of sp³-hybridized carbons (Fsp3) is 0.571. The highest BCUT2D eigenvalue weighted by atomic mass is 35.5. The number of anilines is 1. The molecule has 2 nitrogen and oxygen atoms in total. The molecule has 4 heteroatoms. The summed E-state index contributed by atoms with van der Waals surface area (Å²) in [7, 11) is 0. The van der Waals surface area contributed by atoms with E-state index >= 15 is 0 Å². The Kier molecular flexibility index (Phi) is 5.16. The summed E-state index contributed by atoms with van der Waals surface area (Å²) in [5.74, 6) is 0. The molecule has 18 heavy (non-hydrogen) atoms. The van der Waals surface area contributed by atoms with Gasteiger partial charge in [0, 0.05) is 19.1 Å². The first-order chi connectivity index (χ1) is 8.72. The van der Waals surface area contributed by atoms with Crippen molar-refractivity contribution >= 4 is 28.9 Å². The molecule has 0 aromatic heterocycles. The van der Waals surface area contributed by atoms with Crippen LogP contribution in [0.1, 0.15) is 26.2 Å². The van der Waals surface area contributed by atoms with Crippen molar-refractivity contribution in [3.8, 4) is 0 Å². The number of hydrogen-bond acceptors (Lipinski definition) is 2. The van der Waals surface area contributed by atoms with Crippen LogP contribution in [0, 0.1) is 0 Å². The largest absolute Gasteiger partial charge is 0.369 e. The molecule has 0 amide bonds. The number of piperidine rings is 1. The van der Waals surface area contributed by atoms with Gasteiger partial charge in [-0.3, -0.25) is 0 Å². The highest BCUT2D eigenvalue weighted by Gasteiger charge is 2.21. The molecule has 2 rings (SSSR count). The lowest BCUT2D eigenvalue weighted by atomic mass is 10.0. The number of nitrogens with zero attached hydrogens (tertiary/aromatic N) is 1. The van der Waals surface area contributed by atoms with Gasteiger partial charge in [-0.25, -0.2) is 0 Å². The Balaban J connectivity index is 2.06. The third kappa shape index (κ3) is 3.31. The second-order valence-corrected chi connectivity index (χ2v) is 5.60. The minimum Gasteiger partial charge on any atom is -0.369 e. The van der Waals surface area contributed by atoms with E-state index in [-0.39, 0.29) is 0 Å². The number of halogens is 2. The van der Waals surface area contributed by atoms with E-state index in [9.17, 15) is 0 Å². The lowest BCUT2D eigenvalue weighted by Gasteiger charge is -2.35. The van der Waals surface area contributed by atoms with Crippen molar-refractivity contribution in [2.24, 2.45) is 0 Å². The summed E-state index contributed by atoms with van der Waals surface area (Å²) in [5, 5.41) is 4.90. The zero-order chi connectivity index (χ0) is 13.0. The lowest BCUT2D eigenvalue weighted by molar-refractivity contribution is 0.423. The van der Waals surface area contributed by atoms with Crippen LogP contribution in [-0.4, -0.2) is 25.7 Å². The lowest BCUT2D eigenvalue weighted by Crippen LogP contribution is -2.46. The van der Waals surface area contributed by atoms with Gasteiger partial charge in [-0.2, -0.15) is 0 Å². The van der Waals surface area contributed by atoms with Crippen molar-refractivity contribution < 1.29 is 0 Å². The zero-order valence-corrected chi connectivity index (χ0v) is 12.3. The van der Waals surface area contributed by atoms with Crippen LogP contribution in [0.3, 0.4) is 0 Å². The Bertz CT molecular complexity index is 395. The second kappa shape index (κ2) is 6.65. The van der Waals surface area contributed by atoms with Gasteiger partial charge < -0.3 is 10.2 Å². The molecule has 1 aromatic rings. The first-order valence-electron chi connectivity index (χ1n) is 6.64.